The molecule has 102 valence electrons. The summed E-state index contributed by atoms with van der Waals surface area (Å²) in [4.78, 5) is 22.7. The second kappa shape index (κ2) is 5.97. The monoisotopic (exact) mass is 273 g/mol. The van der Waals surface area contributed by atoms with E-state index in [4.69, 9.17) is 10.5 Å². The summed E-state index contributed by atoms with van der Waals surface area (Å²) in [7, 11) is 0. The van der Waals surface area contributed by atoms with E-state index in [0.29, 0.717) is 16.9 Å². The number of nitrogens with two attached hydrogens (primary N) is 1. The molecule has 2 N–H and O–H groups in total. The van der Waals surface area contributed by atoms with Crippen molar-refractivity contribution in [3.63, 3.8) is 0 Å². The molecule has 1 amide bonds. The Hall–Kier alpha value is -2.69. The lowest BCUT2D eigenvalue weighted by Gasteiger charge is -2.05. The van der Waals surface area contributed by atoms with E-state index in [0.717, 1.165) is 0 Å². The van der Waals surface area contributed by atoms with Crippen LogP contribution in [0.5, 0.6) is 5.75 Å². The number of hydrogen-bond donors (Lipinski definition) is 1. The van der Waals surface area contributed by atoms with Crippen LogP contribution < -0.4 is 10.5 Å². The Balaban J connectivity index is 2.11. The summed E-state index contributed by atoms with van der Waals surface area (Å²) in [5.74, 6) is -0.737. The van der Waals surface area contributed by atoms with Gasteiger partial charge in [0.1, 0.15) is 11.6 Å². The minimum atomic E-state index is -0.573. The number of ether oxygens (including phenoxy) is 1. The summed E-state index contributed by atoms with van der Waals surface area (Å²) in [6.45, 7) is -0.217. The van der Waals surface area contributed by atoms with Gasteiger partial charge in [0.25, 0.3) is 5.91 Å². The number of primary amides is 1. The van der Waals surface area contributed by atoms with Crippen molar-refractivity contribution < 1.29 is 18.7 Å². The highest BCUT2D eigenvalue weighted by Gasteiger charge is 2.09. The Morgan fingerprint density at radius 3 is 1.95 bits per heavy atom. The van der Waals surface area contributed by atoms with Crippen molar-refractivity contribution in [2.45, 2.75) is 0 Å². The standard InChI is InChI=1S/C15H12FNO3/c16-12-5-1-10(2-6-12)15(19)11-3-7-13(8-4-11)20-9-14(17)18/h1-8H,9H2,(H2,17,18). The fourth-order valence-electron chi connectivity index (χ4n) is 1.62. The zero-order chi connectivity index (χ0) is 14.5. The Labute approximate surface area is 115 Å². The second-order valence-electron chi connectivity index (χ2n) is 4.12. The molecule has 0 aliphatic heterocycles. The maximum absolute atomic E-state index is 12.8. The van der Waals surface area contributed by atoms with Gasteiger partial charge in [-0.2, -0.15) is 0 Å². The molecule has 0 aliphatic carbocycles. The summed E-state index contributed by atoms with van der Waals surface area (Å²) >= 11 is 0. The topological polar surface area (TPSA) is 69.4 Å². The molecule has 2 rings (SSSR count). The number of benzene rings is 2. The molecule has 0 saturated carbocycles. The molecule has 0 unspecified atom stereocenters. The summed E-state index contributed by atoms with van der Waals surface area (Å²) in [6, 6.07) is 11.6. The van der Waals surface area contributed by atoms with Gasteiger partial charge in [-0.15, -0.1) is 0 Å². The van der Waals surface area contributed by atoms with Crippen molar-refractivity contribution in [1.82, 2.24) is 0 Å². The first-order valence-corrected chi connectivity index (χ1v) is 5.87. The SMILES string of the molecule is NC(=O)COc1ccc(C(=O)c2ccc(F)cc2)cc1. The summed E-state index contributed by atoms with van der Waals surface area (Å²) in [5.41, 5.74) is 5.81. The third-order valence-corrected chi connectivity index (χ3v) is 2.60. The van der Waals surface area contributed by atoms with Crippen LogP contribution >= 0.6 is 0 Å². The van der Waals surface area contributed by atoms with Crippen molar-refractivity contribution in [3.05, 3.63) is 65.5 Å². The maximum Gasteiger partial charge on any atom is 0.255 e. The van der Waals surface area contributed by atoms with Gasteiger partial charge in [0, 0.05) is 11.1 Å². The molecule has 0 atom stereocenters. The van der Waals surface area contributed by atoms with E-state index in [-0.39, 0.29) is 12.4 Å². The van der Waals surface area contributed by atoms with E-state index in [1.807, 2.05) is 0 Å². The van der Waals surface area contributed by atoms with Gasteiger partial charge in [-0.1, -0.05) is 0 Å². The predicted molar refractivity (Wildman–Crippen MR) is 71.0 cm³/mol. The summed E-state index contributed by atoms with van der Waals surface area (Å²) < 4.78 is 17.9. The van der Waals surface area contributed by atoms with Crippen LogP contribution in [-0.4, -0.2) is 18.3 Å². The highest BCUT2D eigenvalue weighted by atomic mass is 19.1. The van der Waals surface area contributed by atoms with Gasteiger partial charge < -0.3 is 10.5 Å². The van der Waals surface area contributed by atoms with E-state index in [9.17, 15) is 14.0 Å². The number of carbonyl (C=O) groups is 2. The van der Waals surface area contributed by atoms with Gasteiger partial charge in [0.2, 0.25) is 0 Å². The molecule has 0 saturated heterocycles. The molecule has 2 aromatic rings. The van der Waals surface area contributed by atoms with Crippen LogP contribution in [-0.2, 0) is 4.79 Å². The molecular weight excluding hydrogens is 261 g/mol. The molecule has 0 spiro atoms. The molecule has 0 aliphatic rings. The van der Waals surface area contributed by atoms with Crippen LogP contribution in [0.3, 0.4) is 0 Å². The van der Waals surface area contributed by atoms with Gasteiger partial charge in [-0.25, -0.2) is 4.39 Å². The van der Waals surface area contributed by atoms with E-state index in [1.54, 1.807) is 24.3 Å². The first kappa shape index (κ1) is 13.7. The van der Waals surface area contributed by atoms with Crippen LogP contribution in [0.1, 0.15) is 15.9 Å². The molecule has 0 radical (unpaired) electrons. The number of rotatable bonds is 5. The average Bonchev–Trinajstić information content (AvgIpc) is 2.46. The zero-order valence-corrected chi connectivity index (χ0v) is 10.5. The van der Waals surface area contributed by atoms with Crippen LogP contribution in [0.4, 0.5) is 4.39 Å². The molecule has 5 heteroatoms. The van der Waals surface area contributed by atoms with Gasteiger partial charge in [-0.3, -0.25) is 9.59 Å². The van der Waals surface area contributed by atoms with Gasteiger partial charge in [0.05, 0.1) is 0 Å². The first-order chi connectivity index (χ1) is 9.56. The van der Waals surface area contributed by atoms with Crippen LogP contribution in [0.15, 0.2) is 48.5 Å². The normalized spacial score (nSPS) is 10.1. The Kier molecular flexibility index (Phi) is 4.10. The highest BCUT2D eigenvalue weighted by molar-refractivity contribution is 6.08. The van der Waals surface area contributed by atoms with Gasteiger partial charge >= 0.3 is 0 Å². The fourth-order valence-corrected chi connectivity index (χ4v) is 1.62. The molecule has 2 aromatic carbocycles. The van der Waals surface area contributed by atoms with Gasteiger partial charge in [-0.05, 0) is 48.5 Å². The van der Waals surface area contributed by atoms with Crippen LogP contribution in [0.2, 0.25) is 0 Å². The van der Waals surface area contributed by atoms with E-state index in [2.05, 4.69) is 0 Å². The highest BCUT2D eigenvalue weighted by Crippen LogP contribution is 2.15. The minimum Gasteiger partial charge on any atom is -0.484 e. The minimum absolute atomic E-state index is 0.216. The quantitative estimate of drug-likeness (QED) is 0.846. The Bertz CT molecular complexity index is 621. The third kappa shape index (κ3) is 3.41. The van der Waals surface area contributed by atoms with Gasteiger partial charge in [0.15, 0.2) is 12.4 Å². The summed E-state index contributed by atoms with van der Waals surface area (Å²) in [5, 5.41) is 0. The number of halogens is 1. The second-order valence-corrected chi connectivity index (χ2v) is 4.12. The Morgan fingerprint density at radius 2 is 1.45 bits per heavy atom. The van der Waals surface area contributed by atoms with Crippen molar-refractivity contribution in [2.24, 2.45) is 5.73 Å². The molecule has 0 aromatic heterocycles. The number of amides is 1. The summed E-state index contributed by atoms with van der Waals surface area (Å²) in [6.07, 6.45) is 0. The fraction of sp³-hybridized carbons (Fsp3) is 0.0667. The number of hydrogen-bond acceptors (Lipinski definition) is 3. The van der Waals surface area contributed by atoms with Crippen molar-refractivity contribution in [3.8, 4) is 5.75 Å². The number of carbonyl (C=O) groups excluding carboxylic acids is 2. The molecule has 4 nitrogen and oxygen atoms in total. The molecule has 0 heterocycles. The number of ketones is 1. The smallest absolute Gasteiger partial charge is 0.255 e. The molecular formula is C15H12FNO3. The van der Waals surface area contributed by atoms with E-state index >= 15 is 0 Å². The zero-order valence-electron chi connectivity index (χ0n) is 10.5. The van der Waals surface area contributed by atoms with Crippen LogP contribution in [0, 0.1) is 5.82 Å². The van der Waals surface area contributed by atoms with Crippen molar-refractivity contribution in [1.29, 1.82) is 0 Å². The molecule has 20 heavy (non-hydrogen) atoms. The van der Waals surface area contributed by atoms with E-state index in [1.165, 1.54) is 24.3 Å². The first-order valence-electron chi connectivity index (χ1n) is 5.87. The lowest BCUT2D eigenvalue weighted by molar-refractivity contribution is -0.119. The Morgan fingerprint density at radius 1 is 0.950 bits per heavy atom. The van der Waals surface area contributed by atoms with Crippen molar-refractivity contribution >= 4 is 11.7 Å². The third-order valence-electron chi connectivity index (χ3n) is 2.60. The predicted octanol–water partition coefficient (Wildman–Crippen LogP) is 1.92. The van der Waals surface area contributed by atoms with Crippen LogP contribution in [0.25, 0.3) is 0 Å². The lowest BCUT2D eigenvalue weighted by atomic mass is 10.0. The average molecular weight is 273 g/mol. The largest absolute Gasteiger partial charge is 0.484 e. The molecule has 0 bridgehead atoms. The molecule has 0 fully saturated rings. The maximum atomic E-state index is 12.8. The lowest BCUT2D eigenvalue weighted by Crippen LogP contribution is -2.20. The van der Waals surface area contributed by atoms with Crippen molar-refractivity contribution in [2.75, 3.05) is 6.61 Å². The van der Waals surface area contributed by atoms with E-state index < -0.39 is 11.7 Å².